The third-order valence-corrected chi connectivity index (χ3v) is 4.45. The van der Waals surface area contributed by atoms with Crippen LogP contribution in [-0.4, -0.2) is 64.9 Å². The van der Waals surface area contributed by atoms with Crippen molar-refractivity contribution in [3.8, 4) is 0 Å². The molecule has 0 spiro atoms. The Morgan fingerprint density at radius 2 is 1.88 bits per heavy atom. The third-order valence-electron chi connectivity index (χ3n) is 2.90. The highest BCUT2D eigenvalue weighted by Crippen LogP contribution is 2.28. The van der Waals surface area contributed by atoms with Crippen molar-refractivity contribution in [2.45, 2.75) is 0 Å². The van der Waals surface area contributed by atoms with E-state index < -0.39 is 21.2 Å². The molecule has 0 radical (unpaired) electrons. The zero-order valence-corrected chi connectivity index (χ0v) is 11.0. The molecule has 8 heteroatoms. The fourth-order valence-electron chi connectivity index (χ4n) is 2.47. The Kier molecular flexibility index (Phi) is 4.12. The van der Waals surface area contributed by atoms with E-state index in [9.17, 15) is 17.2 Å². The summed E-state index contributed by atoms with van der Waals surface area (Å²) >= 11 is -2.17. The minimum Gasteiger partial charge on any atom is -0.772 e. The molecule has 16 heavy (non-hydrogen) atoms. The van der Waals surface area contributed by atoms with Gasteiger partial charge in [0.15, 0.2) is 0 Å². The molecule has 3 atom stereocenters. The summed E-state index contributed by atoms with van der Waals surface area (Å²) in [4.78, 5) is 0. The van der Waals surface area contributed by atoms with Crippen molar-refractivity contribution < 1.29 is 26.2 Å². The second-order valence-electron chi connectivity index (χ2n) is 5.04. The highest BCUT2D eigenvalue weighted by Gasteiger charge is 2.41. The van der Waals surface area contributed by atoms with E-state index in [1.54, 1.807) is 0 Å². The Morgan fingerprint density at radius 3 is 2.31 bits per heavy atom. The second kappa shape index (κ2) is 4.69. The Morgan fingerprint density at radius 1 is 1.38 bits per heavy atom. The minimum atomic E-state index is -4.04. The van der Waals surface area contributed by atoms with E-state index in [0.717, 1.165) is 0 Å². The van der Waals surface area contributed by atoms with Crippen molar-refractivity contribution >= 4 is 21.2 Å². The molecule has 0 bridgehead atoms. The number of likely N-dealkylation sites (tertiary alicyclic amines) is 1. The highest BCUT2D eigenvalue weighted by molar-refractivity contribution is 7.85. The van der Waals surface area contributed by atoms with Crippen LogP contribution < -0.4 is 0 Å². The first kappa shape index (κ1) is 14.0. The van der Waals surface area contributed by atoms with Gasteiger partial charge in [0, 0.05) is 17.6 Å². The molecule has 1 aliphatic heterocycles. The van der Waals surface area contributed by atoms with Crippen LogP contribution in [0.25, 0.3) is 0 Å². The molecule has 0 aromatic heterocycles. The van der Waals surface area contributed by atoms with Crippen LogP contribution in [0.3, 0.4) is 0 Å². The van der Waals surface area contributed by atoms with Crippen LogP contribution in [0.2, 0.25) is 0 Å². The molecule has 6 nitrogen and oxygen atoms in total. The van der Waals surface area contributed by atoms with Crippen LogP contribution in [0.5, 0.6) is 0 Å². The van der Waals surface area contributed by atoms with Gasteiger partial charge in [-0.15, -0.1) is 0 Å². The SMILES string of the molecule is C[N+]1(C)CC(CS(=O)[O-])C(CS(=O)(=O)O)C1. The van der Waals surface area contributed by atoms with Crippen LogP contribution in [0.1, 0.15) is 0 Å². The highest BCUT2D eigenvalue weighted by atomic mass is 32.2. The molecular formula is C8H17NO5S2. The zero-order chi connectivity index (χ0) is 12.6. The average Bonchev–Trinajstić information content (AvgIpc) is 2.20. The quantitative estimate of drug-likeness (QED) is 0.405. The van der Waals surface area contributed by atoms with Gasteiger partial charge in [-0.05, 0) is 0 Å². The monoisotopic (exact) mass is 271 g/mol. The standard InChI is InChI=1S/C8H17NO5S2/c1-9(2)3-7(5-15(10)11)8(4-9)6-16(12,13)14/h7-8H,3-6H2,1-2H3,(H-,10,11,12,13,14). The molecule has 96 valence electrons. The molecule has 1 heterocycles. The summed E-state index contributed by atoms with van der Waals surface area (Å²) in [5.41, 5.74) is 0. The number of nitrogens with zero attached hydrogens (tertiary/aromatic N) is 1. The normalized spacial score (nSPS) is 31.5. The van der Waals surface area contributed by atoms with E-state index in [-0.39, 0.29) is 23.3 Å². The Hall–Kier alpha value is -0.0200. The molecule has 0 aromatic rings. The maximum Gasteiger partial charge on any atom is 0.265 e. The lowest BCUT2D eigenvalue weighted by Crippen LogP contribution is -2.37. The predicted molar refractivity (Wildman–Crippen MR) is 59.0 cm³/mol. The molecule has 1 saturated heterocycles. The van der Waals surface area contributed by atoms with Crippen molar-refractivity contribution in [2.24, 2.45) is 11.8 Å². The molecule has 0 amide bonds. The van der Waals surface area contributed by atoms with Gasteiger partial charge in [-0.1, -0.05) is 11.1 Å². The molecule has 1 aliphatic rings. The second-order valence-corrected chi connectivity index (χ2v) is 7.48. The average molecular weight is 271 g/mol. The number of rotatable bonds is 4. The zero-order valence-electron chi connectivity index (χ0n) is 9.33. The van der Waals surface area contributed by atoms with Gasteiger partial charge in [0.05, 0.1) is 32.9 Å². The smallest absolute Gasteiger partial charge is 0.265 e. The van der Waals surface area contributed by atoms with E-state index in [4.69, 9.17) is 4.55 Å². The van der Waals surface area contributed by atoms with Gasteiger partial charge in [-0.25, -0.2) is 0 Å². The van der Waals surface area contributed by atoms with Gasteiger partial charge in [-0.2, -0.15) is 8.42 Å². The molecule has 1 rings (SSSR count). The van der Waals surface area contributed by atoms with Crippen molar-refractivity contribution in [3.05, 3.63) is 0 Å². The summed E-state index contributed by atoms with van der Waals surface area (Å²) in [6.07, 6.45) is 0. The Labute approximate surface area is 98.3 Å². The van der Waals surface area contributed by atoms with Crippen LogP contribution in [0, 0.1) is 11.8 Å². The first-order valence-electron chi connectivity index (χ1n) is 4.92. The van der Waals surface area contributed by atoms with Crippen LogP contribution in [0.4, 0.5) is 0 Å². The Bertz CT molecular complexity index is 378. The fourth-order valence-corrected chi connectivity index (χ4v) is 4.11. The van der Waals surface area contributed by atoms with E-state index in [2.05, 4.69) is 0 Å². The summed E-state index contributed by atoms with van der Waals surface area (Å²) in [6.45, 7) is 1.19. The third kappa shape index (κ3) is 4.46. The molecule has 1 fully saturated rings. The van der Waals surface area contributed by atoms with E-state index in [0.29, 0.717) is 17.6 Å². The molecule has 0 saturated carbocycles. The van der Waals surface area contributed by atoms with Crippen molar-refractivity contribution in [3.63, 3.8) is 0 Å². The van der Waals surface area contributed by atoms with Gasteiger partial charge in [-0.3, -0.25) is 8.76 Å². The molecular weight excluding hydrogens is 254 g/mol. The molecule has 3 unspecified atom stereocenters. The van der Waals surface area contributed by atoms with Crippen LogP contribution in [0.15, 0.2) is 0 Å². The molecule has 0 aliphatic carbocycles. The lowest BCUT2D eigenvalue weighted by Gasteiger charge is -2.23. The van der Waals surface area contributed by atoms with Gasteiger partial charge in [0.1, 0.15) is 0 Å². The van der Waals surface area contributed by atoms with Gasteiger partial charge >= 0.3 is 0 Å². The molecule has 1 N–H and O–H groups in total. The summed E-state index contributed by atoms with van der Waals surface area (Å²) < 4.78 is 52.4. The summed E-state index contributed by atoms with van der Waals surface area (Å²) in [5, 5.41) is 0. The topological polar surface area (TPSA) is 94.5 Å². The van der Waals surface area contributed by atoms with Gasteiger partial charge in [0.25, 0.3) is 10.1 Å². The largest absolute Gasteiger partial charge is 0.772 e. The van der Waals surface area contributed by atoms with Crippen molar-refractivity contribution in [2.75, 3.05) is 38.7 Å². The molecule has 0 aromatic carbocycles. The maximum absolute atomic E-state index is 10.8. The van der Waals surface area contributed by atoms with Gasteiger partial charge in [0.2, 0.25) is 0 Å². The van der Waals surface area contributed by atoms with Gasteiger partial charge < -0.3 is 9.04 Å². The first-order valence-corrected chi connectivity index (χ1v) is 7.77. The van der Waals surface area contributed by atoms with E-state index in [1.165, 1.54) is 0 Å². The van der Waals surface area contributed by atoms with Crippen LogP contribution in [-0.2, 0) is 21.2 Å². The van der Waals surface area contributed by atoms with E-state index >= 15 is 0 Å². The van der Waals surface area contributed by atoms with Crippen molar-refractivity contribution in [1.29, 1.82) is 0 Å². The first-order chi connectivity index (χ1) is 7.09. The predicted octanol–water partition coefficient (Wildman–Crippen LogP) is -0.924. The number of hydrogen-bond donors (Lipinski definition) is 1. The van der Waals surface area contributed by atoms with Crippen LogP contribution >= 0.6 is 0 Å². The number of hydrogen-bond acceptors (Lipinski definition) is 4. The maximum atomic E-state index is 10.8. The summed E-state index contributed by atoms with van der Waals surface area (Å²) in [6, 6.07) is 0. The summed E-state index contributed by atoms with van der Waals surface area (Å²) in [7, 11) is -0.195. The fraction of sp³-hybridized carbons (Fsp3) is 1.00. The number of quaternary nitrogens is 1. The minimum absolute atomic E-state index is 0.0398. The van der Waals surface area contributed by atoms with E-state index in [1.807, 2.05) is 14.1 Å². The lowest BCUT2D eigenvalue weighted by atomic mass is 10.0. The lowest BCUT2D eigenvalue weighted by molar-refractivity contribution is -0.880. The Balaban J connectivity index is 2.76. The summed E-state index contributed by atoms with van der Waals surface area (Å²) in [5.74, 6) is -0.878. The van der Waals surface area contributed by atoms with Crippen molar-refractivity contribution in [1.82, 2.24) is 0 Å².